The normalized spacial score (nSPS) is 11.9. The van der Waals surface area contributed by atoms with Gasteiger partial charge >= 0.3 is 0 Å². The Hall–Kier alpha value is -2.04. The number of hydrogen-bond donors (Lipinski definition) is 1. The van der Waals surface area contributed by atoms with Gasteiger partial charge in [-0.05, 0) is 49.9 Å². The number of benzene rings is 2. The third-order valence-corrected chi connectivity index (χ3v) is 5.40. The lowest BCUT2D eigenvalue weighted by Crippen LogP contribution is -2.51. The Morgan fingerprint density at radius 1 is 1.00 bits per heavy atom. The summed E-state index contributed by atoms with van der Waals surface area (Å²) in [6.07, 6.45) is 1.24. The summed E-state index contributed by atoms with van der Waals surface area (Å²) in [6.45, 7) is 6.17. The SMILES string of the molecule is CC[C@@H](C(=O)NC(C)C)N(CCc1ccccc1)C(=O)Cc1c(Cl)cccc1Cl. The fraction of sp³-hybridized carbons (Fsp3) is 0.391. The molecule has 29 heavy (non-hydrogen) atoms. The molecule has 2 amide bonds. The van der Waals surface area contributed by atoms with Gasteiger partial charge in [0.05, 0.1) is 6.42 Å². The summed E-state index contributed by atoms with van der Waals surface area (Å²) in [5.74, 6) is -0.309. The fourth-order valence-corrected chi connectivity index (χ4v) is 3.76. The summed E-state index contributed by atoms with van der Waals surface area (Å²) in [5, 5.41) is 3.83. The van der Waals surface area contributed by atoms with Crippen molar-refractivity contribution in [2.75, 3.05) is 6.54 Å². The van der Waals surface area contributed by atoms with Crippen molar-refractivity contribution in [3.05, 3.63) is 69.7 Å². The number of halogens is 2. The molecule has 2 rings (SSSR count). The summed E-state index contributed by atoms with van der Waals surface area (Å²) in [4.78, 5) is 27.7. The van der Waals surface area contributed by atoms with E-state index in [1.165, 1.54) is 0 Å². The largest absolute Gasteiger partial charge is 0.352 e. The van der Waals surface area contributed by atoms with Gasteiger partial charge in [0.1, 0.15) is 6.04 Å². The molecule has 1 atom stereocenters. The lowest BCUT2D eigenvalue weighted by molar-refractivity contribution is -0.140. The van der Waals surface area contributed by atoms with E-state index in [4.69, 9.17) is 23.2 Å². The Morgan fingerprint density at radius 3 is 2.17 bits per heavy atom. The van der Waals surface area contributed by atoms with Crippen molar-refractivity contribution in [1.29, 1.82) is 0 Å². The van der Waals surface area contributed by atoms with E-state index in [9.17, 15) is 9.59 Å². The van der Waals surface area contributed by atoms with Gasteiger partial charge in [-0.1, -0.05) is 66.5 Å². The first-order valence-electron chi connectivity index (χ1n) is 9.90. The topological polar surface area (TPSA) is 49.4 Å². The molecular weight excluding hydrogens is 407 g/mol. The molecule has 0 radical (unpaired) electrons. The summed E-state index contributed by atoms with van der Waals surface area (Å²) < 4.78 is 0. The first-order chi connectivity index (χ1) is 13.8. The van der Waals surface area contributed by atoms with E-state index < -0.39 is 6.04 Å². The molecule has 2 aromatic rings. The molecule has 0 spiro atoms. The van der Waals surface area contributed by atoms with Gasteiger partial charge in [-0.25, -0.2) is 0 Å². The number of amides is 2. The standard InChI is InChI=1S/C23H28Cl2N2O2/c1-4-21(23(29)26-16(2)3)27(14-13-17-9-6-5-7-10-17)22(28)15-18-19(24)11-8-12-20(18)25/h5-12,16,21H,4,13-15H2,1-3H3,(H,26,29)/t21-/m0/s1. The maximum atomic E-state index is 13.3. The molecule has 4 nitrogen and oxygen atoms in total. The second-order valence-electron chi connectivity index (χ2n) is 7.29. The molecule has 0 heterocycles. The van der Waals surface area contributed by atoms with E-state index >= 15 is 0 Å². The molecule has 0 unspecified atom stereocenters. The van der Waals surface area contributed by atoms with Gasteiger partial charge in [-0.15, -0.1) is 0 Å². The summed E-state index contributed by atoms with van der Waals surface area (Å²) >= 11 is 12.5. The minimum Gasteiger partial charge on any atom is -0.352 e. The zero-order chi connectivity index (χ0) is 21.4. The average molecular weight is 435 g/mol. The van der Waals surface area contributed by atoms with E-state index in [-0.39, 0.29) is 24.3 Å². The fourth-order valence-electron chi connectivity index (χ4n) is 3.23. The summed E-state index contributed by atoms with van der Waals surface area (Å²) in [6, 6.07) is 14.6. The van der Waals surface area contributed by atoms with Crippen molar-refractivity contribution < 1.29 is 9.59 Å². The lowest BCUT2D eigenvalue weighted by atomic mass is 10.1. The molecule has 0 saturated carbocycles. The van der Waals surface area contributed by atoms with E-state index in [1.54, 1.807) is 23.1 Å². The number of rotatable bonds is 9. The number of hydrogen-bond acceptors (Lipinski definition) is 2. The van der Waals surface area contributed by atoms with Crippen molar-refractivity contribution in [2.24, 2.45) is 0 Å². The zero-order valence-corrected chi connectivity index (χ0v) is 18.6. The summed E-state index contributed by atoms with van der Waals surface area (Å²) in [7, 11) is 0. The molecule has 0 fully saturated rings. The van der Waals surface area contributed by atoms with Crippen LogP contribution in [0.3, 0.4) is 0 Å². The van der Waals surface area contributed by atoms with Crippen molar-refractivity contribution in [3.63, 3.8) is 0 Å². The zero-order valence-electron chi connectivity index (χ0n) is 17.1. The Bertz CT molecular complexity index is 805. The predicted molar refractivity (Wildman–Crippen MR) is 119 cm³/mol. The van der Waals surface area contributed by atoms with Crippen LogP contribution in [-0.2, 0) is 22.4 Å². The molecule has 0 bridgehead atoms. The number of carbonyl (C=O) groups is 2. The molecule has 0 aliphatic carbocycles. The second kappa shape index (κ2) is 11.2. The van der Waals surface area contributed by atoms with Gasteiger partial charge in [-0.2, -0.15) is 0 Å². The van der Waals surface area contributed by atoms with Crippen LogP contribution in [0.5, 0.6) is 0 Å². The number of carbonyl (C=O) groups excluding carboxylic acids is 2. The molecule has 6 heteroatoms. The second-order valence-corrected chi connectivity index (χ2v) is 8.10. The molecule has 0 aliphatic rings. The van der Waals surface area contributed by atoms with Crippen LogP contribution in [0.25, 0.3) is 0 Å². The molecule has 0 aliphatic heterocycles. The first-order valence-corrected chi connectivity index (χ1v) is 10.7. The molecule has 156 valence electrons. The van der Waals surface area contributed by atoms with Crippen LogP contribution in [0.4, 0.5) is 0 Å². The van der Waals surface area contributed by atoms with Crippen LogP contribution in [0, 0.1) is 0 Å². The maximum absolute atomic E-state index is 13.3. The summed E-state index contributed by atoms with van der Waals surface area (Å²) in [5.41, 5.74) is 1.70. The molecule has 2 aromatic carbocycles. The Labute approximate surface area is 183 Å². The minimum atomic E-state index is -0.546. The smallest absolute Gasteiger partial charge is 0.242 e. The van der Waals surface area contributed by atoms with Gasteiger partial charge in [0.2, 0.25) is 11.8 Å². The van der Waals surface area contributed by atoms with Crippen LogP contribution >= 0.6 is 23.2 Å². The lowest BCUT2D eigenvalue weighted by Gasteiger charge is -2.31. The minimum absolute atomic E-state index is 0.000590. The molecule has 1 N–H and O–H groups in total. The van der Waals surface area contributed by atoms with E-state index in [1.807, 2.05) is 51.1 Å². The predicted octanol–water partition coefficient (Wildman–Crippen LogP) is 4.91. The van der Waals surface area contributed by atoms with Crippen LogP contribution in [-0.4, -0.2) is 35.3 Å². The molecule has 0 aromatic heterocycles. The highest BCUT2D eigenvalue weighted by atomic mass is 35.5. The van der Waals surface area contributed by atoms with Crippen molar-refractivity contribution in [1.82, 2.24) is 10.2 Å². The van der Waals surface area contributed by atoms with E-state index in [0.29, 0.717) is 35.0 Å². The van der Waals surface area contributed by atoms with Gasteiger partial charge in [-0.3, -0.25) is 9.59 Å². The van der Waals surface area contributed by atoms with Crippen molar-refractivity contribution in [2.45, 2.75) is 52.1 Å². The van der Waals surface area contributed by atoms with Gasteiger partial charge < -0.3 is 10.2 Å². The van der Waals surface area contributed by atoms with E-state index in [0.717, 1.165) is 5.56 Å². The van der Waals surface area contributed by atoms with Crippen LogP contribution < -0.4 is 5.32 Å². The van der Waals surface area contributed by atoms with Crippen LogP contribution in [0.2, 0.25) is 10.0 Å². The molecular formula is C23H28Cl2N2O2. The monoisotopic (exact) mass is 434 g/mol. The molecule has 0 saturated heterocycles. The third-order valence-electron chi connectivity index (χ3n) is 4.69. The third kappa shape index (κ3) is 6.76. The van der Waals surface area contributed by atoms with Crippen molar-refractivity contribution in [3.8, 4) is 0 Å². The van der Waals surface area contributed by atoms with Crippen LogP contribution in [0.1, 0.15) is 38.3 Å². The quantitative estimate of drug-likeness (QED) is 0.609. The van der Waals surface area contributed by atoms with Gasteiger partial charge in [0.15, 0.2) is 0 Å². The van der Waals surface area contributed by atoms with E-state index in [2.05, 4.69) is 5.32 Å². The number of nitrogens with zero attached hydrogens (tertiary/aromatic N) is 1. The maximum Gasteiger partial charge on any atom is 0.242 e. The Morgan fingerprint density at radius 2 is 1.62 bits per heavy atom. The Balaban J connectivity index is 2.26. The van der Waals surface area contributed by atoms with Crippen molar-refractivity contribution >= 4 is 35.0 Å². The number of nitrogens with one attached hydrogen (secondary N) is 1. The van der Waals surface area contributed by atoms with Gasteiger partial charge in [0, 0.05) is 22.6 Å². The highest BCUT2D eigenvalue weighted by Crippen LogP contribution is 2.25. The van der Waals surface area contributed by atoms with Gasteiger partial charge in [0.25, 0.3) is 0 Å². The Kier molecular flexibility index (Phi) is 8.99. The van der Waals surface area contributed by atoms with Crippen LogP contribution in [0.15, 0.2) is 48.5 Å². The average Bonchev–Trinajstić information content (AvgIpc) is 2.68. The highest BCUT2D eigenvalue weighted by molar-refractivity contribution is 6.36. The first kappa shape index (κ1) is 23.2. The highest BCUT2D eigenvalue weighted by Gasteiger charge is 2.29.